The van der Waals surface area contributed by atoms with Crippen molar-refractivity contribution in [3.63, 3.8) is 0 Å². The number of imidazole rings is 1. The average Bonchev–Trinajstić information content (AvgIpc) is 3.05. The molecule has 128 valence electrons. The summed E-state index contributed by atoms with van der Waals surface area (Å²) in [5, 5.41) is 3.02. The van der Waals surface area contributed by atoms with Crippen LogP contribution in [0.3, 0.4) is 0 Å². The molecule has 0 aliphatic carbocycles. The number of benzene rings is 2. The van der Waals surface area contributed by atoms with Crippen LogP contribution >= 0.6 is 0 Å². The van der Waals surface area contributed by atoms with Crippen LogP contribution in [0.15, 0.2) is 67.0 Å². The van der Waals surface area contributed by atoms with Gasteiger partial charge in [-0.25, -0.2) is 9.37 Å². The summed E-state index contributed by atoms with van der Waals surface area (Å²) < 4.78 is 15.6. The van der Waals surface area contributed by atoms with E-state index in [0.717, 1.165) is 11.4 Å². The van der Waals surface area contributed by atoms with E-state index < -0.39 is 0 Å². The van der Waals surface area contributed by atoms with Crippen LogP contribution in [0.5, 0.6) is 0 Å². The number of hydrogen-bond acceptors (Lipinski definition) is 2. The molecule has 3 rings (SSSR count). The first-order valence-electron chi connectivity index (χ1n) is 8.20. The number of carbonyl (C=O) groups excluding carboxylic acids is 1. The zero-order chi connectivity index (χ0) is 17.6. The highest BCUT2D eigenvalue weighted by atomic mass is 19.1. The fourth-order valence-corrected chi connectivity index (χ4v) is 2.78. The number of rotatable bonds is 6. The third kappa shape index (κ3) is 4.12. The van der Waals surface area contributed by atoms with E-state index in [1.54, 1.807) is 24.4 Å². The van der Waals surface area contributed by atoms with Crippen LogP contribution in [0.25, 0.3) is 0 Å². The molecule has 5 heteroatoms. The van der Waals surface area contributed by atoms with Gasteiger partial charge in [0, 0.05) is 25.9 Å². The van der Waals surface area contributed by atoms with E-state index in [1.165, 1.54) is 6.07 Å². The summed E-state index contributed by atoms with van der Waals surface area (Å²) in [7, 11) is 1.89. The number of aromatic nitrogens is 2. The van der Waals surface area contributed by atoms with Crippen LogP contribution in [-0.4, -0.2) is 15.5 Å². The molecule has 2 aromatic carbocycles. The Bertz CT molecular complexity index is 845. The van der Waals surface area contributed by atoms with Gasteiger partial charge < -0.3 is 9.88 Å². The van der Waals surface area contributed by atoms with Gasteiger partial charge >= 0.3 is 0 Å². The van der Waals surface area contributed by atoms with Crippen molar-refractivity contribution in [3.8, 4) is 0 Å². The van der Waals surface area contributed by atoms with Crippen LogP contribution in [0.4, 0.5) is 4.39 Å². The molecule has 1 aromatic heterocycles. The maximum absolute atomic E-state index is 13.7. The second-order valence-electron chi connectivity index (χ2n) is 5.90. The molecular weight excluding hydrogens is 317 g/mol. The Hall–Kier alpha value is -2.95. The van der Waals surface area contributed by atoms with Gasteiger partial charge in [-0.1, -0.05) is 48.5 Å². The summed E-state index contributed by atoms with van der Waals surface area (Å²) in [6.07, 6.45) is 4.13. The van der Waals surface area contributed by atoms with Crippen LogP contribution in [0.2, 0.25) is 0 Å². The first-order valence-corrected chi connectivity index (χ1v) is 8.20. The standard InChI is InChI=1S/C20H20FN3O/c1-24-14-13-22-20(24)19(16-8-3-2-4-9-16)23-18(25)12-11-15-7-5-6-10-17(15)21/h2-10,13-14,19H,11-12H2,1H3,(H,23,25). The Morgan fingerprint density at radius 3 is 2.56 bits per heavy atom. The molecule has 0 radical (unpaired) electrons. The van der Waals surface area contributed by atoms with Crippen molar-refractivity contribution in [1.29, 1.82) is 0 Å². The van der Waals surface area contributed by atoms with Crippen molar-refractivity contribution in [3.05, 3.63) is 89.8 Å². The number of nitrogens with zero attached hydrogens (tertiary/aromatic N) is 2. The highest BCUT2D eigenvalue weighted by Gasteiger charge is 2.20. The molecule has 1 unspecified atom stereocenters. The lowest BCUT2D eigenvalue weighted by molar-refractivity contribution is -0.121. The fourth-order valence-electron chi connectivity index (χ4n) is 2.78. The molecular formula is C20H20FN3O. The van der Waals surface area contributed by atoms with E-state index in [-0.39, 0.29) is 24.2 Å². The molecule has 3 aromatic rings. The van der Waals surface area contributed by atoms with E-state index in [2.05, 4.69) is 10.3 Å². The molecule has 0 fully saturated rings. The van der Waals surface area contributed by atoms with Crippen molar-refractivity contribution in [2.75, 3.05) is 0 Å². The van der Waals surface area contributed by atoms with Gasteiger partial charge in [0.25, 0.3) is 0 Å². The fraction of sp³-hybridized carbons (Fsp3) is 0.200. The number of hydrogen-bond donors (Lipinski definition) is 1. The number of nitrogens with one attached hydrogen (secondary N) is 1. The molecule has 0 bridgehead atoms. The molecule has 25 heavy (non-hydrogen) atoms. The Morgan fingerprint density at radius 2 is 1.88 bits per heavy atom. The molecule has 1 heterocycles. The summed E-state index contributed by atoms with van der Waals surface area (Å²) in [5.74, 6) is 0.338. The van der Waals surface area contributed by atoms with Gasteiger partial charge in [-0.15, -0.1) is 0 Å². The molecule has 0 saturated carbocycles. The lowest BCUT2D eigenvalue weighted by Gasteiger charge is -2.19. The lowest BCUT2D eigenvalue weighted by Crippen LogP contribution is -2.31. The second kappa shape index (κ2) is 7.75. The summed E-state index contributed by atoms with van der Waals surface area (Å²) in [6.45, 7) is 0. The van der Waals surface area contributed by atoms with E-state index >= 15 is 0 Å². The van der Waals surface area contributed by atoms with Crippen LogP contribution in [0.1, 0.15) is 29.4 Å². The van der Waals surface area contributed by atoms with Crippen molar-refractivity contribution >= 4 is 5.91 Å². The van der Waals surface area contributed by atoms with Crippen molar-refractivity contribution < 1.29 is 9.18 Å². The Kier molecular flexibility index (Phi) is 5.23. The summed E-state index contributed by atoms with van der Waals surface area (Å²) in [5.41, 5.74) is 1.50. The minimum absolute atomic E-state index is 0.139. The summed E-state index contributed by atoms with van der Waals surface area (Å²) in [6, 6.07) is 15.9. The SMILES string of the molecule is Cn1ccnc1C(NC(=O)CCc1ccccc1F)c1ccccc1. The molecule has 1 atom stereocenters. The number of aryl methyl sites for hydroxylation is 2. The molecule has 1 N–H and O–H groups in total. The maximum atomic E-state index is 13.7. The average molecular weight is 337 g/mol. The molecule has 0 spiro atoms. The van der Waals surface area contributed by atoms with E-state index in [4.69, 9.17) is 0 Å². The molecule has 0 aliphatic rings. The molecule has 4 nitrogen and oxygen atoms in total. The van der Waals surface area contributed by atoms with E-state index in [1.807, 2.05) is 48.1 Å². The van der Waals surface area contributed by atoms with Crippen LogP contribution in [0, 0.1) is 5.82 Å². The molecule has 0 saturated heterocycles. The van der Waals surface area contributed by atoms with Crippen LogP contribution in [-0.2, 0) is 18.3 Å². The molecule has 0 aliphatic heterocycles. The van der Waals surface area contributed by atoms with Crippen LogP contribution < -0.4 is 5.32 Å². The highest BCUT2D eigenvalue weighted by Crippen LogP contribution is 2.20. The smallest absolute Gasteiger partial charge is 0.221 e. The number of carbonyl (C=O) groups is 1. The maximum Gasteiger partial charge on any atom is 0.221 e. The Morgan fingerprint density at radius 1 is 1.16 bits per heavy atom. The Labute approximate surface area is 146 Å². The van der Waals surface area contributed by atoms with Gasteiger partial charge in [0.15, 0.2) is 0 Å². The normalized spacial score (nSPS) is 11.9. The minimum atomic E-state index is -0.339. The minimum Gasteiger partial charge on any atom is -0.342 e. The Balaban J connectivity index is 1.73. The van der Waals surface area contributed by atoms with E-state index in [9.17, 15) is 9.18 Å². The quantitative estimate of drug-likeness (QED) is 0.749. The van der Waals surface area contributed by atoms with Gasteiger partial charge in [0.05, 0.1) is 0 Å². The monoisotopic (exact) mass is 337 g/mol. The van der Waals surface area contributed by atoms with Crippen molar-refractivity contribution in [2.24, 2.45) is 7.05 Å². The number of amides is 1. The largest absolute Gasteiger partial charge is 0.342 e. The van der Waals surface area contributed by atoms with Gasteiger partial charge in [-0.3, -0.25) is 4.79 Å². The van der Waals surface area contributed by atoms with Crippen molar-refractivity contribution in [1.82, 2.24) is 14.9 Å². The predicted octanol–water partition coefficient (Wildman–Crippen LogP) is 3.40. The van der Waals surface area contributed by atoms with Gasteiger partial charge in [0.1, 0.15) is 17.7 Å². The third-order valence-corrected chi connectivity index (χ3v) is 4.13. The second-order valence-corrected chi connectivity index (χ2v) is 5.90. The van der Waals surface area contributed by atoms with Crippen molar-refractivity contribution in [2.45, 2.75) is 18.9 Å². The summed E-state index contributed by atoms with van der Waals surface area (Å²) >= 11 is 0. The zero-order valence-electron chi connectivity index (χ0n) is 14.0. The number of halogens is 1. The molecule has 1 amide bonds. The lowest BCUT2D eigenvalue weighted by atomic mass is 10.0. The third-order valence-electron chi connectivity index (χ3n) is 4.13. The van der Waals surface area contributed by atoms with Gasteiger partial charge in [-0.05, 0) is 23.6 Å². The summed E-state index contributed by atoms with van der Waals surface area (Å²) in [4.78, 5) is 16.8. The first kappa shape index (κ1) is 16.9. The first-order chi connectivity index (χ1) is 12.1. The zero-order valence-corrected chi connectivity index (χ0v) is 14.0. The van der Waals surface area contributed by atoms with E-state index in [0.29, 0.717) is 12.0 Å². The van der Waals surface area contributed by atoms with Gasteiger partial charge in [0.2, 0.25) is 5.91 Å². The predicted molar refractivity (Wildman–Crippen MR) is 94.4 cm³/mol. The van der Waals surface area contributed by atoms with Gasteiger partial charge in [-0.2, -0.15) is 0 Å². The topological polar surface area (TPSA) is 46.9 Å². The highest BCUT2D eigenvalue weighted by molar-refractivity contribution is 5.77.